The Labute approximate surface area is 98.3 Å². The first kappa shape index (κ1) is 11.3. The molecule has 1 N–H and O–H groups in total. The van der Waals surface area contributed by atoms with Crippen LogP contribution in [0.25, 0.3) is 0 Å². The van der Waals surface area contributed by atoms with Gasteiger partial charge in [-0.2, -0.15) is 0 Å². The van der Waals surface area contributed by atoms with E-state index in [1.807, 2.05) is 0 Å². The highest BCUT2D eigenvalue weighted by atomic mass is 19.1. The van der Waals surface area contributed by atoms with E-state index in [2.05, 4.69) is 0 Å². The number of hydrogen-bond acceptors (Lipinski definition) is 1. The molecule has 2 aromatic rings. The molecule has 0 atom stereocenters. The lowest BCUT2D eigenvalue weighted by molar-refractivity contribution is -0.148. The van der Waals surface area contributed by atoms with E-state index in [4.69, 9.17) is 5.11 Å². The van der Waals surface area contributed by atoms with E-state index in [0.29, 0.717) is 0 Å². The van der Waals surface area contributed by atoms with Gasteiger partial charge in [-0.25, -0.2) is 9.18 Å². The second kappa shape index (κ2) is 4.37. The van der Waals surface area contributed by atoms with Crippen LogP contribution in [-0.2, 0) is 10.5 Å². The van der Waals surface area contributed by atoms with Crippen molar-refractivity contribution in [2.45, 2.75) is 5.67 Å². The molecule has 86 valence electrons. The van der Waals surface area contributed by atoms with Crippen molar-refractivity contribution in [3.8, 4) is 0 Å². The zero-order valence-corrected chi connectivity index (χ0v) is 9.01. The molecule has 0 fully saturated rings. The Morgan fingerprint density at radius 3 is 1.53 bits per heavy atom. The van der Waals surface area contributed by atoms with Crippen LogP contribution in [0.5, 0.6) is 0 Å². The lowest BCUT2D eigenvalue weighted by Gasteiger charge is -2.21. The van der Waals surface area contributed by atoms with Gasteiger partial charge in [0.05, 0.1) is 0 Å². The van der Waals surface area contributed by atoms with Crippen molar-refractivity contribution in [2.75, 3.05) is 0 Å². The molecule has 2 nitrogen and oxygen atoms in total. The Balaban J connectivity index is 2.59. The maximum absolute atomic E-state index is 14.8. The minimum Gasteiger partial charge on any atom is -0.478 e. The number of carboxylic acids is 1. The van der Waals surface area contributed by atoms with Gasteiger partial charge in [0.15, 0.2) is 0 Å². The Hall–Kier alpha value is -2.16. The van der Waals surface area contributed by atoms with Gasteiger partial charge in [0, 0.05) is 11.1 Å². The van der Waals surface area contributed by atoms with Crippen LogP contribution in [0.4, 0.5) is 4.39 Å². The van der Waals surface area contributed by atoms with Crippen LogP contribution in [-0.4, -0.2) is 11.1 Å². The van der Waals surface area contributed by atoms with E-state index in [1.54, 1.807) is 36.4 Å². The summed E-state index contributed by atoms with van der Waals surface area (Å²) in [4.78, 5) is 11.2. The summed E-state index contributed by atoms with van der Waals surface area (Å²) in [7, 11) is 0. The molecule has 0 bridgehead atoms. The molecule has 0 aliphatic heterocycles. The summed E-state index contributed by atoms with van der Waals surface area (Å²) in [5.74, 6) is -1.50. The standard InChI is InChI=1S/C14H11FO2/c15-14(13(16)17,11-7-3-1-4-8-11)12-9-5-2-6-10-12/h1-10H,(H,16,17). The summed E-state index contributed by atoms with van der Waals surface area (Å²) in [5.41, 5.74) is -2.25. The van der Waals surface area contributed by atoms with Gasteiger partial charge in [-0.1, -0.05) is 60.7 Å². The van der Waals surface area contributed by atoms with Crippen LogP contribution in [0, 0.1) is 0 Å². The number of benzene rings is 2. The van der Waals surface area contributed by atoms with E-state index in [9.17, 15) is 9.18 Å². The van der Waals surface area contributed by atoms with E-state index >= 15 is 0 Å². The summed E-state index contributed by atoms with van der Waals surface area (Å²) in [6.07, 6.45) is 0. The largest absolute Gasteiger partial charge is 0.478 e. The number of rotatable bonds is 3. The average molecular weight is 230 g/mol. The van der Waals surface area contributed by atoms with Crippen LogP contribution >= 0.6 is 0 Å². The Morgan fingerprint density at radius 2 is 1.24 bits per heavy atom. The molecule has 3 heteroatoms. The molecule has 2 aromatic carbocycles. The van der Waals surface area contributed by atoms with Crippen molar-refractivity contribution < 1.29 is 14.3 Å². The quantitative estimate of drug-likeness (QED) is 0.880. The summed E-state index contributed by atoms with van der Waals surface area (Å²) < 4.78 is 14.8. The normalized spacial score (nSPS) is 11.1. The summed E-state index contributed by atoms with van der Waals surface area (Å²) in [6, 6.07) is 15.8. The van der Waals surface area contributed by atoms with Gasteiger partial charge in [0.2, 0.25) is 0 Å². The first-order valence-corrected chi connectivity index (χ1v) is 5.19. The van der Waals surface area contributed by atoms with E-state index < -0.39 is 11.6 Å². The monoisotopic (exact) mass is 230 g/mol. The molecule has 0 saturated carbocycles. The zero-order valence-electron chi connectivity index (χ0n) is 9.01. The lowest BCUT2D eigenvalue weighted by Crippen LogP contribution is -2.32. The molecule has 17 heavy (non-hydrogen) atoms. The lowest BCUT2D eigenvalue weighted by atomic mass is 9.88. The van der Waals surface area contributed by atoms with E-state index in [-0.39, 0.29) is 11.1 Å². The topological polar surface area (TPSA) is 37.3 Å². The van der Waals surface area contributed by atoms with Crippen molar-refractivity contribution in [3.63, 3.8) is 0 Å². The fourth-order valence-corrected chi connectivity index (χ4v) is 1.75. The number of hydrogen-bond donors (Lipinski definition) is 1. The Bertz CT molecular complexity index is 469. The summed E-state index contributed by atoms with van der Waals surface area (Å²) in [5, 5.41) is 9.16. The van der Waals surface area contributed by atoms with Gasteiger partial charge in [-0.3, -0.25) is 0 Å². The molecule has 0 aliphatic rings. The Morgan fingerprint density at radius 1 is 0.882 bits per heavy atom. The van der Waals surface area contributed by atoms with Crippen molar-refractivity contribution in [1.82, 2.24) is 0 Å². The van der Waals surface area contributed by atoms with Gasteiger partial charge in [0.1, 0.15) is 0 Å². The van der Waals surface area contributed by atoms with Crippen LogP contribution < -0.4 is 0 Å². The fourth-order valence-electron chi connectivity index (χ4n) is 1.75. The Kier molecular flexibility index (Phi) is 2.91. The van der Waals surface area contributed by atoms with Gasteiger partial charge in [-0.05, 0) is 0 Å². The zero-order chi connectivity index (χ0) is 12.3. The second-order valence-electron chi connectivity index (χ2n) is 3.70. The molecule has 2 rings (SSSR count). The maximum Gasteiger partial charge on any atom is 0.350 e. The molecular weight excluding hydrogens is 219 g/mol. The molecule has 0 saturated heterocycles. The third kappa shape index (κ3) is 1.91. The van der Waals surface area contributed by atoms with E-state index in [0.717, 1.165) is 0 Å². The summed E-state index contributed by atoms with van der Waals surface area (Å²) >= 11 is 0. The van der Waals surface area contributed by atoms with Crippen LogP contribution in [0.1, 0.15) is 11.1 Å². The van der Waals surface area contributed by atoms with Gasteiger partial charge in [0.25, 0.3) is 5.67 Å². The number of carbonyl (C=O) groups is 1. The number of aliphatic carboxylic acids is 1. The van der Waals surface area contributed by atoms with Gasteiger partial charge >= 0.3 is 5.97 Å². The van der Waals surface area contributed by atoms with Crippen LogP contribution in [0.2, 0.25) is 0 Å². The highest BCUT2D eigenvalue weighted by Crippen LogP contribution is 2.33. The van der Waals surface area contributed by atoms with Crippen molar-refractivity contribution in [1.29, 1.82) is 0 Å². The highest BCUT2D eigenvalue weighted by Gasteiger charge is 2.42. The number of halogens is 1. The highest BCUT2D eigenvalue weighted by molar-refractivity contribution is 5.83. The molecule has 0 unspecified atom stereocenters. The number of carboxylic acid groups (broad SMARTS) is 1. The maximum atomic E-state index is 14.8. The molecule has 0 amide bonds. The average Bonchev–Trinajstić information content (AvgIpc) is 2.39. The first-order valence-electron chi connectivity index (χ1n) is 5.19. The first-order chi connectivity index (χ1) is 8.15. The minimum absolute atomic E-state index is 0.124. The molecule has 0 heterocycles. The van der Waals surface area contributed by atoms with Crippen molar-refractivity contribution in [2.24, 2.45) is 0 Å². The molecule has 0 aromatic heterocycles. The molecule has 0 spiro atoms. The predicted octanol–water partition coefficient (Wildman–Crippen LogP) is 2.98. The summed E-state index contributed by atoms with van der Waals surface area (Å²) in [6.45, 7) is 0. The number of alkyl halides is 1. The van der Waals surface area contributed by atoms with Gasteiger partial charge < -0.3 is 5.11 Å². The molecule has 0 radical (unpaired) electrons. The smallest absolute Gasteiger partial charge is 0.350 e. The SMILES string of the molecule is O=C(O)C(F)(c1ccccc1)c1ccccc1. The van der Waals surface area contributed by atoms with Gasteiger partial charge in [-0.15, -0.1) is 0 Å². The fraction of sp³-hybridized carbons (Fsp3) is 0.0714. The predicted molar refractivity (Wildman–Crippen MR) is 62.4 cm³/mol. The second-order valence-corrected chi connectivity index (χ2v) is 3.70. The third-order valence-corrected chi connectivity index (χ3v) is 2.64. The van der Waals surface area contributed by atoms with Crippen molar-refractivity contribution >= 4 is 5.97 Å². The van der Waals surface area contributed by atoms with Crippen LogP contribution in [0.3, 0.4) is 0 Å². The van der Waals surface area contributed by atoms with E-state index in [1.165, 1.54) is 24.3 Å². The van der Waals surface area contributed by atoms with Crippen molar-refractivity contribution in [3.05, 3.63) is 71.8 Å². The third-order valence-electron chi connectivity index (χ3n) is 2.64. The molecule has 0 aliphatic carbocycles. The molecular formula is C14H11FO2. The van der Waals surface area contributed by atoms with Crippen LogP contribution in [0.15, 0.2) is 60.7 Å². The minimum atomic E-state index is -2.50.